The summed E-state index contributed by atoms with van der Waals surface area (Å²) in [4.78, 5) is 0. The third-order valence-corrected chi connectivity index (χ3v) is 2.43. The standard InChI is InChI=1S/C16H32/c1-13(10-14(2,3)4)11-16(8,9)12-15(5,6)7/h11H,10,12H2,1-9H3. The lowest BCUT2D eigenvalue weighted by atomic mass is 9.74. The van der Waals surface area contributed by atoms with Crippen LogP contribution in [0.25, 0.3) is 0 Å². The van der Waals surface area contributed by atoms with Crippen molar-refractivity contribution in [3.05, 3.63) is 11.6 Å². The molecule has 0 nitrogen and oxygen atoms in total. The molecule has 0 unspecified atom stereocenters. The second-order valence-electron chi connectivity index (χ2n) is 8.45. The second kappa shape index (κ2) is 4.94. The molecule has 0 aromatic heterocycles. The minimum atomic E-state index is 0.313. The first-order valence-electron chi connectivity index (χ1n) is 6.49. The van der Waals surface area contributed by atoms with Crippen molar-refractivity contribution >= 4 is 0 Å². The molecule has 0 aliphatic heterocycles. The van der Waals surface area contributed by atoms with E-state index in [4.69, 9.17) is 0 Å². The fourth-order valence-corrected chi connectivity index (χ4v) is 2.97. The predicted octanol–water partition coefficient (Wildman–Crippen LogP) is 5.83. The Bertz CT molecular complexity index is 240. The lowest BCUT2D eigenvalue weighted by Gasteiger charge is -2.31. The van der Waals surface area contributed by atoms with E-state index in [9.17, 15) is 0 Å². The van der Waals surface area contributed by atoms with Crippen LogP contribution in [-0.2, 0) is 0 Å². The zero-order valence-electron chi connectivity index (χ0n) is 13.0. The molecule has 0 heterocycles. The average molecular weight is 224 g/mol. The monoisotopic (exact) mass is 224 g/mol. The van der Waals surface area contributed by atoms with Gasteiger partial charge >= 0.3 is 0 Å². The van der Waals surface area contributed by atoms with Crippen molar-refractivity contribution in [1.29, 1.82) is 0 Å². The molecule has 0 spiro atoms. The summed E-state index contributed by atoms with van der Waals surface area (Å²) in [6.45, 7) is 20.9. The molecule has 0 amide bonds. The summed E-state index contributed by atoms with van der Waals surface area (Å²) in [5, 5.41) is 0. The van der Waals surface area contributed by atoms with Gasteiger partial charge in [0.05, 0.1) is 0 Å². The quantitative estimate of drug-likeness (QED) is 0.529. The topological polar surface area (TPSA) is 0 Å². The molecular formula is C16H32. The highest BCUT2D eigenvalue weighted by Gasteiger charge is 2.24. The maximum atomic E-state index is 2.48. The molecule has 0 heteroatoms. The normalized spacial score (nSPS) is 15.4. The molecule has 0 aromatic carbocycles. The van der Waals surface area contributed by atoms with Gasteiger partial charge in [-0.15, -0.1) is 0 Å². The van der Waals surface area contributed by atoms with E-state index in [1.165, 1.54) is 18.4 Å². The zero-order chi connectivity index (χ0) is 13.2. The minimum absolute atomic E-state index is 0.313. The van der Waals surface area contributed by atoms with Crippen LogP contribution in [0.15, 0.2) is 11.6 Å². The van der Waals surface area contributed by atoms with E-state index in [1.54, 1.807) is 0 Å². The number of hydrogen-bond donors (Lipinski definition) is 0. The number of allylic oxidation sites excluding steroid dienone is 2. The van der Waals surface area contributed by atoms with Crippen LogP contribution in [0.2, 0.25) is 0 Å². The molecular weight excluding hydrogens is 192 g/mol. The summed E-state index contributed by atoms with van der Waals surface area (Å²) < 4.78 is 0. The van der Waals surface area contributed by atoms with E-state index in [0.717, 1.165) is 0 Å². The van der Waals surface area contributed by atoms with Gasteiger partial charge in [0.2, 0.25) is 0 Å². The Balaban J connectivity index is 4.61. The Morgan fingerprint density at radius 1 is 0.812 bits per heavy atom. The van der Waals surface area contributed by atoms with Crippen molar-refractivity contribution in [3.63, 3.8) is 0 Å². The zero-order valence-corrected chi connectivity index (χ0v) is 13.0. The Kier molecular flexibility index (Phi) is 4.86. The minimum Gasteiger partial charge on any atom is -0.0799 e. The van der Waals surface area contributed by atoms with Gasteiger partial charge in [-0.25, -0.2) is 0 Å². The first-order valence-corrected chi connectivity index (χ1v) is 6.49. The van der Waals surface area contributed by atoms with Crippen molar-refractivity contribution in [2.45, 2.75) is 75.2 Å². The maximum absolute atomic E-state index is 2.48. The molecule has 16 heavy (non-hydrogen) atoms. The van der Waals surface area contributed by atoms with Crippen LogP contribution >= 0.6 is 0 Å². The van der Waals surface area contributed by atoms with Crippen LogP contribution in [-0.4, -0.2) is 0 Å². The molecule has 0 saturated heterocycles. The molecule has 0 atom stereocenters. The largest absolute Gasteiger partial charge is 0.0799 e. The highest BCUT2D eigenvalue weighted by Crippen LogP contribution is 2.36. The Morgan fingerprint density at radius 2 is 1.25 bits per heavy atom. The van der Waals surface area contributed by atoms with Crippen molar-refractivity contribution in [3.8, 4) is 0 Å². The Morgan fingerprint density at radius 3 is 1.56 bits per heavy atom. The summed E-state index contributed by atoms with van der Waals surface area (Å²) in [5.74, 6) is 0. The van der Waals surface area contributed by atoms with Gasteiger partial charge in [0, 0.05) is 0 Å². The van der Waals surface area contributed by atoms with Gasteiger partial charge in [0.25, 0.3) is 0 Å². The third-order valence-electron chi connectivity index (χ3n) is 2.43. The van der Waals surface area contributed by atoms with Crippen LogP contribution in [0.4, 0.5) is 0 Å². The first-order chi connectivity index (χ1) is 6.81. The Labute approximate surface area is 104 Å². The van der Waals surface area contributed by atoms with Crippen LogP contribution in [0.3, 0.4) is 0 Å². The van der Waals surface area contributed by atoms with Gasteiger partial charge in [-0.1, -0.05) is 67.0 Å². The van der Waals surface area contributed by atoms with E-state index in [2.05, 4.69) is 68.4 Å². The lowest BCUT2D eigenvalue weighted by molar-refractivity contribution is 0.260. The first kappa shape index (κ1) is 15.7. The van der Waals surface area contributed by atoms with E-state index in [1.807, 2.05) is 0 Å². The van der Waals surface area contributed by atoms with Crippen LogP contribution in [0, 0.1) is 16.2 Å². The van der Waals surface area contributed by atoms with E-state index in [0.29, 0.717) is 16.2 Å². The molecule has 0 aliphatic rings. The molecule has 0 aromatic rings. The van der Waals surface area contributed by atoms with E-state index >= 15 is 0 Å². The van der Waals surface area contributed by atoms with E-state index in [-0.39, 0.29) is 0 Å². The highest BCUT2D eigenvalue weighted by atomic mass is 14.3. The predicted molar refractivity (Wildman–Crippen MR) is 75.7 cm³/mol. The summed E-state index contributed by atoms with van der Waals surface area (Å²) >= 11 is 0. The molecule has 0 radical (unpaired) electrons. The summed E-state index contributed by atoms with van der Waals surface area (Å²) in [6.07, 6.45) is 4.91. The van der Waals surface area contributed by atoms with Crippen LogP contribution in [0.1, 0.15) is 75.2 Å². The van der Waals surface area contributed by atoms with Gasteiger partial charge in [0.1, 0.15) is 0 Å². The lowest BCUT2D eigenvalue weighted by Crippen LogP contribution is -2.19. The van der Waals surface area contributed by atoms with Gasteiger partial charge in [-0.2, -0.15) is 0 Å². The van der Waals surface area contributed by atoms with Crippen molar-refractivity contribution < 1.29 is 0 Å². The molecule has 0 saturated carbocycles. The molecule has 0 bridgehead atoms. The van der Waals surface area contributed by atoms with Gasteiger partial charge in [-0.3, -0.25) is 0 Å². The summed E-state index contributed by atoms with van der Waals surface area (Å²) in [5.41, 5.74) is 2.65. The average Bonchev–Trinajstić information content (AvgIpc) is 1.70. The third kappa shape index (κ3) is 9.00. The van der Waals surface area contributed by atoms with E-state index < -0.39 is 0 Å². The SMILES string of the molecule is CC(=CC(C)(C)CC(C)(C)C)CC(C)(C)C. The fourth-order valence-electron chi connectivity index (χ4n) is 2.97. The van der Waals surface area contributed by atoms with Crippen molar-refractivity contribution in [2.75, 3.05) is 0 Å². The number of rotatable bonds is 3. The van der Waals surface area contributed by atoms with Gasteiger partial charge in [0.15, 0.2) is 0 Å². The van der Waals surface area contributed by atoms with Crippen molar-refractivity contribution in [1.82, 2.24) is 0 Å². The van der Waals surface area contributed by atoms with Crippen LogP contribution < -0.4 is 0 Å². The molecule has 0 N–H and O–H groups in total. The second-order valence-corrected chi connectivity index (χ2v) is 8.45. The molecule has 0 aliphatic carbocycles. The Hall–Kier alpha value is -0.260. The molecule has 96 valence electrons. The van der Waals surface area contributed by atoms with Crippen molar-refractivity contribution in [2.24, 2.45) is 16.2 Å². The fraction of sp³-hybridized carbons (Fsp3) is 0.875. The highest BCUT2D eigenvalue weighted by molar-refractivity contribution is 5.07. The van der Waals surface area contributed by atoms with Crippen LogP contribution in [0.5, 0.6) is 0 Å². The molecule has 0 fully saturated rings. The number of hydrogen-bond acceptors (Lipinski definition) is 0. The maximum Gasteiger partial charge on any atom is -0.0167 e. The summed E-state index contributed by atoms with van der Waals surface area (Å²) in [6, 6.07) is 0. The van der Waals surface area contributed by atoms with Gasteiger partial charge < -0.3 is 0 Å². The molecule has 0 rings (SSSR count). The van der Waals surface area contributed by atoms with Gasteiger partial charge in [-0.05, 0) is 36.0 Å². The smallest absolute Gasteiger partial charge is 0.0167 e. The summed E-state index contributed by atoms with van der Waals surface area (Å²) in [7, 11) is 0.